The summed E-state index contributed by atoms with van der Waals surface area (Å²) >= 11 is 6.93. The number of aromatic nitrogens is 2. The molecular formula is C16H21ClN4O3S2. The van der Waals surface area contributed by atoms with E-state index in [1.807, 2.05) is 24.3 Å². The number of alkyl halides is 1. The predicted octanol–water partition coefficient (Wildman–Crippen LogP) is 1.83. The van der Waals surface area contributed by atoms with E-state index in [2.05, 4.69) is 14.3 Å². The molecule has 142 valence electrons. The molecule has 1 fully saturated rings. The number of piperazine rings is 1. The Labute approximate surface area is 162 Å². The van der Waals surface area contributed by atoms with Crippen molar-refractivity contribution in [1.29, 1.82) is 0 Å². The molecule has 1 aliphatic rings. The number of sulfonamides is 1. The number of rotatable bonds is 7. The van der Waals surface area contributed by atoms with Crippen molar-refractivity contribution in [3.8, 4) is 5.75 Å². The molecule has 1 aromatic heterocycles. The lowest BCUT2D eigenvalue weighted by Gasteiger charge is -2.33. The van der Waals surface area contributed by atoms with Crippen LogP contribution in [0.5, 0.6) is 5.75 Å². The molecule has 0 atom stereocenters. The first-order valence-corrected chi connectivity index (χ1v) is 11.2. The first kappa shape index (κ1) is 19.3. The Morgan fingerprint density at radius 2 is 2.04 bits per heavy atom. The highest BCUT2D eigenvalue weighted by Gasteiger charge is 2.27. The quantitative estimate of drug-likeness (QED) is 0.641. The predicted molar refractivity (Wildman–Crippen MR) is 104 cm³/mol. The second-order valence-corrected chi connectivity index (χ2v) is 9.11. The molecular weight excluding hydrogens is 396 g/mol. The summed E-state index contributed by atoms with van der Waals surface area (Å²) in [4.78, 5) is 6.69. The maximum absolute atomic E-state index is 12.1. The van der Waals surface area contributed by atoms with E-state index >= 15 is 0 Å². The van der Waals surface area contributed by atoms with Gasteiger partial charge in [-0.1, -0.05) is 12.1 Å². The summed E-state index contributed by atoms with van der Waals surface area (Å²) in [5.41, 5.74) is 1.09. The molecule has 1 aliphatic heterocycles. The lowest BCUT2D eigenvalue weighted by molar-refractivity contribution is 0.385. The van der Waals surface area contributed by atoms with Crippen LogP contribution >= 0.6 is 23.1 Å². The van der Waals surface area contributed by atoms with Gasteiger partial charge in [0.1, 0.15) is 11.6 Å². The SMILES string of the molecule is COc1cccc(Cc2nsc(N3CCN(S(=O)(=O)CCCl)CC3)n2)c1. The van der Waals surface area contributed by atoms with Crippen LogP contribution in [0, 0.1) is 0 Å². The fourth-order valence-electron chi connectivity index (χ4n) is 2.79. The van der Waals surface area contributed by atoms with Crippen LogP contribution in [0.4, 0.5) is 5.13 Å². The van der Waals surface area contributed by atoms with E-state index in [4.69, 9.17) is 16.3 Å². The molecule has 0 saturated carbocycles. The lowest BCUT2D eigenvalue weighted by Crippen LogP contribution is -2.49. The minimum absolute atomic E-state index is 0.0158. The zero-order chi connectivity index (χ0) is 18.6. The molecule has 1 aromatic carbocycles. The maximum Gasteiger partial charge on any atom is 0.215 e. The Balaban J connectivity index is 1.60. The smallest absolute Gasteiger partial charge is 0.215 e. The Hall–Kier alpha value is -1.42. The minimum atomic E-state index is -3.25. The first-order chi connectivity index (χ1) is 12.5. The van der Waals surface area contributed by atoms with Gasteiger partial charge in [0.05, 0.1) is 12.9 Å². The van der Waals surface area contributed by atoms with Crippen molar-refractivity contribution in [2.24, 2.45) is 0 Å². The van der Waals surface area contributed by atoms with Crippen LogP contribution in [0.15, 0.2) is 24.3 Å². The summed E-state index contributed by atoms with van der Waals surface area (Å²) in [5, 5.41) is 0.831. The number of halogens is 1. The third-order valence-corrected chi connectivity index (χ3v) is 7.29. The fraction of sp³-hybridized carbons (Fsp3) is 0.500. The summed E-state index contributed by atoms with van der Waals surface area (Å²) in [6.45, 7) is 2.11. The zero-order valence-corrected chi connectivity index (χ0v) is 16.9. The summed E-state index contributed by atoms with van der Waals surface area (Å²) in [6.07, 6.45) is 0.637. The van der Waals surface area contributed by atoms with Gasteiger partial charge in [0.2, 0.25) is 15.2 Å². The van der Waals surface area contributed by atoms with Gasteiger partial charge in [-0.05, 0) is 17.7 Å². The fourth-order valence-corrected chi connectivity index (χ4v) is 5.29. The Morgan fingerprint density at radius 3 is 2.73 bits per heavy atom. The molecule has 2 aromatic rings. The molecule has 26 heavy (non-hydrogen) atoms. The van der Waals surface area contributed by atoms with Gasteiger partial charge in [0, 0.05) is 50.0 Å². The van der Waals surface area contributed by atoms with Crippen molar-refractivity contribution in [1.82, 2.24) is 13.7 Å². The van der Waals surface area contributed by atoms with E-state index in [0.717, 1.165) is 22.3 Å². The van der Waals surface area contributed by atoms with Gasteiger partial charge >= 0.3 is 0 Å². The van der Waals surface area contributed by atoms with Crippen LogP contribution in [-0.4, -0.2) is 67.0 Å². The Bertz CT molecular complexity index is 836. The molecule has 7 nitrogen and oxygen atoms in total. The zero-order valence-electron chi connectivity index (χ0n) is 14.5. The molecule has 1 saturated heterocycles. The van der Waals surface area contributed by atoms with E-state index in [9.17, 15) is 8.42 Å². The average molecular weight is 417 g/mol. The van der Waals surface area contributed by atoms with Crippen molar-refractivity contribution < 1.29 is 13.2 Å². The summed E-state index contributed by atoms with van der Waals surface area (Å²) in [7, 11) is -1.61. The van der Waals surface area contributed by atoms with Crippen LogP contribution in [-0.2, 0) is 16.4 Å². The van der Waals surface area contributed by atoms with Crippen LogP contribution in [0.2, 0.25) is 0 Å². The molecule has 3 rings (SSSR count). The van der Waals surface area contributed by atoms with Gasteiger partial charge in [-0.3, -0.25) is 0 Å². The molecule has 0 bridgehead atoms. The van der Waals surface area contributed by atoms with E-state index in [1.165, 1.54) is 15.8 Å². The van der Waals surface area contributed by atoms with Gasteiger partial charge < -0.3 is 9.64 Å². The standard InChI is InChI=1S/C16H21ClN4O3S2/c1-24-14-4-2-3-13(11-14)12-15-18-16(25-19-15)20-6-8-21(9-7-20)26(22,23)10-5-17/h2-4,11H,5-10,12H2,1H3. The summed E-state index contributed by atoms with van der Waals surface area (Å²) in [5.74, 6) is 1.67. The minimum Gasteiger partial charge on any atom is -0.497 e. The largest absolute Gasteiger partial charge is 0.497 e. The topological polar surface area (TPSA) is 75.6 Å². The average Bonchev–Trinajstić information content (AvgIpc) is 3.10. The molecule has 0 radical (unpaired) electrons. The molecule has 0 amide bonds. The van der Waals surface area contributed by atoms with Crippen molar-refractivity contribution in [3.05, 3.63) is 35.7 Å². The van der Waals surface area contributed by atoms with Crippen LogP contribution < -0.4 is 9.64 Å². The van der Waals surface area contributed by atoms with Crippen LogP contribution in [0.25, 0.3) is 0 Å². The maximum atomic E-state index is 12.1. The van der Waals surface area contributed by atoms with Crippen molar-refractivity contribution in [3.63, 3.8) is 0 Å². The molecule has 10 heteroatoms. The molecule has 0 aliphatic carbocycles. The van der Waals surface area contributed by atoms with E-state index in [1.54, 1.807) is 7.11 Å². The van der Waals surface area contributed by atoms with Crippen LogP contribution in [0.1, 0.15) is 11.4 Å². The monoisotopic (exact) mass is 416 g/mol. The lowest BCUT2D eigenvalue weighted by atomic mass is 10.1. The second kappa shape index (κ2) is 8.51. The number of hydrogen-bond donors (Lipinski definition) is 0. The Morgan fingerprint density at radius 1 is 1.27 bits per heavy atom. The number of hydrogen-bond acceptors (Lipinski definition) is 7. The van der Waals surface area contributed by atoms with Gasteiger partial charge in [-0.15, -0.1) is 11.6 Å². The van der Waals surface area contributed by atoms with Crippen LogP contribution in [0.3, 0.4) is 0 Å². The normalized spacial score (nSPS) is 16.0. The summed E-state index contributed by atoms with van der Waals surface area (Å²) in [6, 6.07) is 7.84. The molecule has 0 N–H and O–H groups in total. The van der Waals surface area contributed by atoms with Gasteiger partial charge in [-0.2, -0.15) is 8.68 Å². The van der Waals surface area contributed by atoms with E-state index < -0.39 is 10.0 Å². The molecule has 0 spiro atoms. The number of anilines is 1. The Kier molecular flexibility index (Phi) is 6.33. The van der Waals surface area contributed by atoms with Gasteiger partial charge in [0.25, 0.3) is 0 Å². The van der Waals surface area contributed by atoms with Gasteiger partial charge in [0.15, 0.2) is 0 Å². The number of nitrogens with zero attached hydrogens (tertiary/aromatic N) is 4. The summed E-state index contributed by atoms with van der Waals surface area (Å²) < 4.78 is 35.3. The third kappa shape index (κ3) is 4.64. The van der Waals surface area contributed by atoms with Crippen molar-refractivity contribution >= 4 is 38.3 Å². The van der Waals surface area contributed by atoms with Crippen molar-refractivity contribution in [2.45, 2.75) is 6.42 Å². The number of benzene rings is 1. The van der Waals surface area contributed by atoms with Gasteiger partial charge in [-0.25, -0.2) is 13.4 Å². The van der Waals surface area contributed by atoms with Crippen molar-refractivity contribution in [2.75, 3.05) is 49.8 Å². The highest BCUT2D eigenvalue weighted by Crippen LogP contribution is 2.22. The highest BCUT2D eigenvalue weighted by atomic mass is 35.5. The highest BCUT2D eigenvalue weighted by molar-refractivity contribution is 7.89. The molecule has 0 unspecified atom stereocenters. The third-order valence-electron chi connectivity index (χ3n) is 4.19. The molecule has 2 heterocycles. The first-order valence-electron chi connectivity index (χ1n) is 8.26. The second-order valence-electron chi connectivity index (χ2n) is 5.91. The number of methoxy groups -OCH3 is 1. The number of ether oxygens (including phenoxy) is 1. The van der Waals surface area contributed by atoms with E-state index in [-0.39, 0.29) is 11.6 Å². The van der Waals surface area contributed by atoms with E-state index in [0.29, 0.717) is 32.6 Å².